The van der Waals surface area contributed by atoms with Crippen LogP contribution in [0.1, 0.15) is 75.5 Å². The molecule has 2 aromatic heterocycles. The number of nitrogens with one attached hydrogen (secondary N) is 1. The van der Waals surface area contributed by atoms with Crippen molar-refractivity contribution in [1.29, 1.82) is 0 Å². The van der Waals surface area contributed by atoms with Crippen molar-refractivity contribution in [2.24, 2.45) is 5.92 Å². The van der Waals surface area contributed by atoms with Gasteiger partial charge in [-0.25, -0.2) is 4.98 Å². The molecule has 0 radical (unpaired) electrons. The molecule has 1 saturated heterocycles. The molecule has 2 fully saturated rings. The van der Waals surface area contributed by atoms with Crippen molar-refractivity contribution in [3.8, 4) is 0 Å². The van der Waals surface area contributed by atoms with Gasteiger partial charge in [-0.15, -0.1) is 0 Å². The molecular weight excluding hydrogens is 490 g/mol. The molecule has 0 unspecified atom stereocenters. The zero-order chi connectivity index (χ0) is 27.4. The molecule has 1 aromatic carbocycles. The standard InChI is InChI=1S/C31H41N5O3/c1-4-39-22(3)28-21(2)27-20-32-31(34-29(27)36(30(28)38)26-9-5-6-10-26)33-24-11-13-25(14-12-24)35-17-15-23(16-18-35)8-7-19-37/h11-14,20,23,26,37H,3-10,15-19H2,1-2H3,(H,32,33,34). The fourth-order valence-corrected chi connectivity index (χ4v) is 6.21. The molecule has 1 aliphatic carbocycles. The van der Waals surface area contributed by atoms with Gasteiger partial charge in [0.05, 0.1) is 12.2 Å². The zero-order valence-electron chi connectivity index (χ0n) is 23.3. The molecule has 2 aliphatic rings. The van der Waals surface area contributed by atoms with Gasteiger partial charge in [0, 0.05) is 48.7 Å². The summed E-state index contributed by atoms with van der Waals surface area (Å²) in [5, 5.41) is 13.3. The van der Waals surface area contributed by atoms with Gasteiger partial charge in [-0.1, -0.05) is 19.4 Å². The number of hydrogen-bond donors (Lipinski definition) is 2. The van der Waals surface area contributed by atoms with Crippen LogP contribution in [0.5, 0.6) is 0 Å². The Kier molecular flexibility index (Phi) is 8.50. The van der Waals surface area contributed by atoms with E-state index in [2.05, 4.69) is 46.0 Å². The predicted molar refractivity (Wildman–Crippen MR) is 158 cm³/mol. The van der Waals surface area contributed by atoms with E-state index in [4.69, 9.17) is 14.8 Å². The minimum absolute atomic E-state index is 0.0838. The fourth-order valence-electron chi connectivity index (χ4n) is 6.21. The van der Waals surface area contributed by atoms with E-state index in [0.29, 0.717) is 36.1 Å². The Morgan fingerprint density at radius 3 is 2.54 bits per heavy atom. The Hall–Kier alpha value is -3.39. The summed E-state index contributed by atoms with van der Waals surface area (Å²) in [7, 11) is 0. The lowest BCUT2D eigenvalue weighted by molar-refractivity contribution is 0.261. The Bertz CT molecular complexity index is 1350. The normalized spacial score (nSPS) is 16.6. The number of anilines is 3. The van der Waals surface area contributed by atoms with Crippen LogP contribution < -0.4 is 15.8 Å². The minimum Gasteiger partial charge on any atom is -0.494 e. The summed E-state index contributed by atoms with van der Waals surface area (Å²) in [6, 6.07) is 8.52. The van der Waals surface area contributed by atoms with Gasteiger partial charge in [0.1, 0.15) is 11.4 Å². The number of aliphatic hydroxyl groups excluding tert-OH is 1. The molecule has 8 nitrogen and oxygen atoms in total. The maximum Gasteiger partial charge on any atom is 0.263 e. The third-order valence-corrected chi connectivity index (χ3v) is 8.37. The maximum absolute atomic E-state index is 13.8. The summed E-state index contributed by atoms with van der Waals surface area (Å²) in [5.41, 5.74) is 4.03. The van der Waals surface area contributed by atoms with Gasteiger partial charge in [0.15, 0.2) is 0 Å². The molecular formula is C31H41N5O3. The van der Waals surface area contributed by atoms with Crippen molar-refractivity contribution >= 4 is 34.1 Å². The van der Waals surface area contributed by atoms with E-state index < -0.39 is 0 Å². The van der Waals surface area contributed by atoms with Crippen LogP contribution in [0.25, 0.3) is 16.8 Å². The average molecular weight is 532 g/mol. The summed E-state index contributed by atoms with van der Waals surface area (Å²) in [4.78, 5) is 25.7. The molecule has 0 amide bonds. The highest BCUT2D eigenvalue weighted by molar-refractivity contribution is 5.84. The largest absolute Gasteiger partial charge is 0.494 e. The van der Waals surface area contributed by atoms with Gasteiger partial charge in [-0.2, -0.15) is 4.98 Å². The first-order valence-corrected chi connectivity index (χ1v) is 14.5. The quantitative estimate of drug-likeness (QED) is 0.312. The van der Waals surface area contributed by atoms with E-state index in [0.717, 1.165) is 74.2 Å². The highest BCUT2D eigenvalue weighted by Gasteiger charge is 2.26. The topological polar surface area (TPSA) is 92.5 Å². The van der Waals surface area contributed by atoms with Crippen LogP contribution in [0.2, 0.25) is 0 Å². The van der Waals surface area contributed by atoms with Crippen LogP contribution in [0, 0.1) is 12.8 Å². The molecule has 0 spiro atoms. The number of fused-ring (bicyclic) bond motifs is 1. The Balaban J connectivity index is 1.39. The molecule has 5 rings (SSSR count). The Labute approximate surface area is 230 Å². The number of nitrogens with zero attached hydrogens (tertiary/aromatic N) is 4. The lowest BCUT2D eigenvalue weighted by Gasteiger charge is -2.33. The third-order valence-electron chi connectivity index (χ3n) is 8.37. The zero-order valence-corrected chi connectivity index (χ0v) is 23.3. The van der Waals surface area contributed by atoms with Crippen molar-refractivity contribution in [2.45, 2.75) is 71.3 Å². The summed E-state index contributed by atoms with van der Waals surface area (Å²) in [5.74, 6) is 1.60. The molecule has 0 bridgehead atoms. The lowest BCUT2D eigenvalue weighted by atomic mass is 9.92. The first kappa shape index (κ1) is 27.2. The van der Waals surface area contributed by atoms with Gasteiger partial charge in [0.25, 0.3) is 5.56 Å². The van der Waals surface area contributed by atoms with Crippen LogP contribution in [0.15, 0.2) is 41.8 Å². The van der Waals surface area contributed by atoms with E-state index in [1.54, 1.807) is 0 Å². The molecule has 39 heavy (non-hydrogen) atoms. The predicted octanol–water partition coefficient (Wildman–Crippen LogP) is 5.95. The van der Waals surface area contributed by atoms with Gasteiger partial charge < -0.3 is 20.1 Å². The number of piperidine rings is 1. The summed E-state index contributed by atoms with van der Waals surface area (Å²) in [6.07, 6.45) is 10.3. The second-order valence-corrected chi connectivity index (χ2v) is 10.9. The van der Waals surface area contributed by atoms with Crippen LogP contribution in [0.3, 0.4) is 0 Å². The number of aryl methyl sites for hydroxylation is 1. The van der Waals surface area contributed by atoms with Crippen molar-refractivity contribution in [3.05, 3.63) is 58.5 Å². The molecule has 3 aromatic rings. The number of aliphatic hydroxyl groups is 1. The monoisotopic (exact) mass is 531 g/mol. The van der Waals surface area contributed by atoms with E-state index in [1.807, 2.05) is 24.6 Å². The highest BCUT2D eigenvalue weighted by atomic mass is 16.5. The van der Waals surface area contributed by atoms with Crippen molar-refractivity contribution in [1.82, 2.24) is 14.5 Å². The number of pyridine rings is 1. The molecule has 208 valence electrons. The van der Waals surface area contributed by atoms with E-state index >= 15 is 0 Å². The number of ether oxygens (including phenoxy) is 1. The van der Waals surface area contributed by atoms with E-state index in [9.17, 15) is 4.79 Å². The van der Waals surface area contributed by atoms with E-state index in [1.165, 1.54) is 18.5 Å². The highest BCUT2D eigenvalue weighted by Crippen LogP contribution is 2.33. The Morgan fingerprint density at radius 1 is 1.15 bits per heavy atom. The molecule has 0 atom stereocenters. The first-order chi connectivity index (χ1) is 19.0. The van der Waals surface area contributed by atoms with Crippen molar-refractivity contribution < 1.29 is 9.84 Å². The molecule has 3 heterocycles. The van der Waals surface area contributed by atoms with Crippen molar-refractivity contribution in [3.63, 3.8) is 0 Å². The number of hydrogen-bond acceptors (Lipinski definition) is 7. The van der Waals surface area contributed by atoms with E-state index in [-0.39, 0.29) is 11.6 Å². The SMILES string of the molecule is C=C(OCC)c1c(C)c2cnc(Nc3ccc(N4CCC(CCCO)CC4)cc3)nc2n(C2CCCC2)c1=O. The second-order valence-electron chi connectivity index (χ2n) is 10.9. The minimum atomic E-state index is -0.0838. The van der Waals surface area contributed by atoms with Crippen LogP contribution >= 0.6 is 0 Å². The van der Waals surface area contributed by atoms with Gasteiger partial charge in [-0.05, 0) is 88.1 Å². The second kappa shape index (κ2) is 12.2. The van der Waals surface area contributed by atoms with Gasteiger partial charge in [-0.3, -0.25) is 9.36 Å². The van der Waals surface area contributed by atoms with Crippen molar-refractivity contribution in [2.75, 3.05) is 36.5 Å². The average Bonchev–Trinajstić information content (AvgIpc) is 3.47. The van der Waals surface area contributed by atoms with Crippen LogP contribution in [-0.4, -0.2) is 45.9 Å². The van der Waals surface area contributed by atoms with Gasteiger partial charge in [0.2, 0.25) is 5.95 Å². The summed E-state index contributed by atoms with van der Waals surface area (Å²) >= 11 is 0. The summed E-state index contributed by atoms with van der Waals surface area (Å²) < 4.78 is 7.52. The lowest BCUT2D eigenvalue weighted by Crippen LogP contribution is -2.33. The molecule has 8 heteroatoms. The van der Waals surface area contributed by atoms with Crippen LogP contribution in [-0.2, 0) is 4.74 Å². The number of rotatable bonds is 10. The number of benzene rings is 1. The maximum atomic E-state index is 13.8. The molecule has 2 N–H and O–H groups in total. The summed E-state index contributed by atoms with van der Waals surface area (Å²) in [6.45, 7) is 10.7. The van der Waals surface area contributed by atoms with Crippen LogP contribution in [0.4, 0.5) is 17.3 Å². The third kappa shape index (κ3) is 5.81. The smallest absolute Gasteiger partial charge is 0.263 e. The number of aromatic nitrogens is 3. The molecule has 1 saturated carbocycles. The van der Waals surface area contributed by atoms with Gasteiger partial charge >= 0.3 is 0 Å². The first-order valence-electron chi connectivity index (χ1n) is 14.5. The molecule has 1 aliphatic heterocycles. The Morgan fingerprint density at radius 2 is 1.87 bits per heavy atom. The fraction of sp³-hybridized carbons (Fsp3) is 0.516.